The molecule has 0 bridgehead atoms. The zero-order valence-electron chi connectivity index (χ0n) is 16.0. The topological polar surface area (TPSA) is 72.9 Å². The van der Waals surface area contributed by atoms with Gasteiger partial charge in [-0.2, -0.15) is 0 Å². The van der Waals surface area contributed by atoms with E-state index in [1.54, 1.807) is 0 Å². The van der Waals surface area contributed by atoms with Gasteiger partial charge in [-0.1, -0.05) is 24.3 Å². The molecule has 0 aliphatic heterocycles. The minimum Gasteiger partial charge on any atom is -0.381 e. The minimum absolute atomic E-state index is 0.120. The van der Waals surface area contributed by atoms with Gasteiger partial charge in [0.1, 0.15) is 11.4 Å². The van der Waals surface area contributed by atoms with Crippen LogP contribution in [0.3, 0.4) is 0 Å². The molecule has 28 heavy (non-hydrogen) atoms. The second kappa shape index (κ2) is 6.01. The van der Waals surface area contributed by atoms with E-state index in [4.69, 9.17) is 4.98 Å². The molecule has 2 heterocycles. The van der Waals surface area contributed by atoms with Crippen LogP contribution < -0.4 is 0 Å². The summed E-state index contributed by atoms with van der Waals surface area (Å²) < 4.78 is 3.74. The summed E-state index contributed by atoms with van der Waals surface area (Å²) in [7, 11) is 3.75. The fourth-order valence-electron chi connectivity index (χ4n) is 4.66. The lowest BCUT2D eigenvalue weighted by atomic mass is 9.86. The van der Waals surface area contributed by atoms with Crippen molar-refractivity contribution in [3.8, 4) is 0 Å². The molecule has 0 amide bonds. The Bertz CT molecular complexity index is 1220. The fourth-order valence-corrected chi connectivity index (χ4v) is 4.66. The second-order valence-electron chi connectivity index (χ2n) is 7.70. The summed E-state index contributed by atoms with van der Waals surface area (Å²) in [5, 5.41) is 11.7. The molecule has 6 heteroatoms. The molecule has 142 valence electrons. The van der Waals surface area contributed by atoms with Crippen molar-refractivity contribution < 1.29 is 9.90 Å². The molecule has 1 aliphatic rings. The summed E-state index contributed by atoms with van der Waals surface area (Å²) in [5.74, 6) is 0.276. The third-order valence-corrected chi connectivity index (χ3v) is 6.13. The molecule has 0 spiro atoms. The Kier molecular flexibility index (Phi) is 3.67. The molecule has 2 aromatic carbocycles. The first kappa shape index (κ1) is 17.1. The van der Waals surface area contributed by atoms with Crippen molar-refractivity contribution in [2.75, 3.05) is 0 Å². The van der Waals surface area contributed by atoms with Gasteiger partial charge in [0.2, 0.25) is 5.78 Å². The Morgan fingerprint density at radius 1 is 1.00 bits per heavy atom. The number of rotatable bonds is 3. The number of Topliss-reactive ketones (excluding diaryl/α,β-unsaturated/α-hetero) is 1. The third-order valence-electron chi connectivity index (χ3n) is 6.13. The maximum Gasteiger partial charge on any atom is 0.204 e. The second-order valence-corrected chi connectivity index (χ2v) is 7.70. The minimum atomic E-state index is -1.29. The van der Waals surface area contributed by atoms with E-state index < -0.39 is 11.5 Å². The molecule has 0 saturated heterocycles. The van der Waals surface area contributed by atoms with Crippen LogP contribution in [0.2, 0.25) is 0 Å². The first-order valence-electron chi connectivity index (χ1n) is 9.60. The van der Waals surface area contributed by atoms with Crippen molar-refractivity contribution in [2.24, 2.45) is 20.0 Å². The van der Waals surface area contributed by atoms with Gasteiger partial charge in [-0.3, -0.25) is 4.79 Å². The number of carbonyl (C=O) groups excluding carboxylic acids is 1. The maximum atomic E-state index is 13.5. The summed E-state index contributed by atoms with van der Waals surface area (Å²) in [4.78, 5) is 22.7. The SMILES string of the molecule is Cn1c(C(=O)C2CCCC2(O)c2nc3ccccc3n2C)nc2ccccc21. The van der Waals surface area contributed by atoms with Crippen LogP contribution in [0, 0.1) is 5.92 Å². The van der Waals surface area contributed by atoms with Crippen molar-refractivity contribution in [3.05, 3.63) is 60.2 Å². The number of imidazole rings is 2. The van der Waals surface area contributed by atoms with Crippen molar-refractivity contribution in [1.82, 2.24) is 19.1 Å². The number of carbonyl (C=O) groups is 1. The highest BCUT2D eigenvalue weighted by Crippen LogP contribution is 2.45. The van der Waals surface area contributed by atoms with Crippen LogP contribution in [0.1, 0.15) is 35.7 Å². The molecule has 0 radical (unpaired) electrons. The molecule has 5 rings (SSSR count). The lowest BCUT2D eigenvalue weighted by molar-refractivity contribution is -0.00644. The highest BCUT2D eigenvalue weighted by Gasteiger charge is 2.50. The van der Waals surface area contributed by atoms with Crippen LogP contribution in [-0.2, 0) is 19.7 Å². The highest BCUT2D eigenvalue weighted by molar-refractivity contribution is 5.99. The molecule has 2 unspecified atom stereocenters. The van der Waals surface area contributed by atoms with Gasteiger partial charge < -0.3 is 14.2 Å². The molecule has 1 N–H and O–H groups in total. The Balaban J connectivity index is 1.61. The zero-order chi connectivity index (χ0) is 19.5. The van der Waals surface area contributed by atoms with Crippen LogP contribution in [0.5, 0.6) is 0 Å². The maximum absolute atomic E-state index is 13.5. The molecular weight excluding hydrogens is 352 g/mol. The molecular formula is C22H22N4O2. The van der Waals surface area contributed by atoms with Gasteiger partial charge in [0.05, 0.1) is 28.0 Å². The molecule has 1 fully saturated rings. The number of aryl methyl sites for hydroxylation is 2. The number of nitrogens with zero attached hydrogens (tertiary/aromatic N) is 4. The van der Waals surface area contributed by atoms with Crippen LogP contribution in [0.15, 0.2) is 48.5 Å². The average Bonchev–Trinajstić information content (AvgIpc) is 3.37. The van der Waals surface area contributed by atoms with E-state index in [1.165, 1.54) is 0 Å². The number of fused-ring (bicyclic) bond motifs is 2. The zero-order valence-corrected chi connectivity index (χ0v) is 16.0. The Morgan fingerprint density at radius 3 is 2.25 bits per heavy atom. The quantitative estimate of drug-likeness (QED) is 0.558. The third kappa shape index (κ3) is 2.27. The average molecular weight is 374 g/mol. The van der Waals surface area contributed by atoms with E-state index in [0.717, 1.165) is 28.5 Å². The Hall–Kier alpha value is -2.99. The number of benzene rings is 2. The van der Waals surface area contributed by atoms with E-state index in [-0.39, 0.29) is 5.78 Å². The summed E-state index contributed by atoms with van der Waals surface area (Å²) in [6, 6.07) is 15.5. The van der Waals surface area contributed by atoms with Crippen molar-refractivity contribution >= 4 is 27.9 Å². The standard InChI is InChI=1S/C22H22N4O2/c1-25-17-11-5-3-9-15(17)23-20(25)19(27)14-8-7-13-22(14,28)21-24-16-10-4-6-12-18(16)26(21)2/h3-6,9-12,14,28H,7-8,13H2,1-2H3. The lowest BCUT2D eigenvalue weighted by Gasteiger charge is -2.28. The van der Waals surface area contributed by atoms with Crippen molar-refractivity contribution in [1.29, 1.82) is 0 Å². The van der Waals surface area contributed by atoms with E-state index >= 15 is 0 Å². The van der Waals surface area contributed by atoms with Crippen molar-refractivity contribution in [2.45, 2.75) is 24.9 Å². The number of hydrogen-bond acceptors (Lipinski definition) is 4. The number of hydrogen-bond donors (Lipinski definition) is 1. The molecule has 4 aromatic rings. The van der Waals surface area contributed by atoms with E-state index in [0.29, 0.717) is 24.5 Å². The fraction of sp³-hybridized carbons (Fsp3) is 0.318. The van der Waals surface area contributed by atoms with Crippen LogP contribution in [0.25, 0.3) is 22.1 Å². The summed E-state index contributed by atoms with van der Waals surface area (Å²) >= 11 is 0. The molecule has 1 saturated carbocycles. The van der Waals surface area contributed by atoms with E-state index in [1.807, 2.05) is 71.8 Å². The molecule has 2 atom stereocenters. The normalized spacial score (nSPS) is 22.3. The predicted octanol–water partition coefficient (Wildman–Crippen LogP) is 3.33. The number of aromatic nitrogens is 4. The molecule has 1 aliphatic carbocycles. The van der Waals surface area contributed by atoms with E-state index in [9.17, 15) is 9.90 Å². The van der Waals surface area contributed by atoms with Gasteiger partial charge in [0.25, 0.3) is 0 Å². The largest absolute Gasteiger partial charge is 0.381 e. The Labute approximate surface area is 162 Å². The summed E-state index contributed by atoms with van der Waals surface area (Å²) in [6.45, 7) is 0. The summed E-state index contributed by atoms with van der Waals surface area (Å²) in [6.07, 6.45) is 1.92. The summed E-state index contributed by atoms with van der Waals surface area (Å²) in [5.41, 5.74) is 2.19. The monoisotopic (exact) mass is 374 g/mol. The number of ketones is 1. The molecule has 2 aromatic heterocycles. The van der Waals surface area contributed by atoms with Gasteiger partial charge in [0.15, 0.2) is 5.82 Å². The van der Waals surface area contributed by atoms with E-state index in [2.05, 4.69) is 4.98 Å². The predicted molar refractivity (Wildman–Crippen MR) is 107 cm³/mol. The van der Waals surface area contributed by atoms with Gasteiger partial charge >= 0.3 is 0 Å². The number of para-hydroxylation sites is 4. The van der Waals surface area contributed by atoms with Crippen LogP contribution in [-0.4, -0.2) is 30.0 Å². The van der Waals surface area contributed by atoms with Crippen molar-refractivity contribution in [3.63, 3.8) is 0 Å². The Morgan fingerprint density at radius 2 is 1.61 bits per heavy atom. The smallest absolute Gasteiger partial charge is 0.204 e. The lowest BCUT2D eigenvalue weighted by Crippen LogP contribution is -2.38. The number of aliphatic hydroxyl groups is 1. The van der Waals surface area contributed by atoms with Crippen LogP contribution in [0.4, 0.5) is 0 Å². The molecule has 6 nitrogen and oxygen atoms in total. The van der Waals surface area contributed by atoms with Gasteiger partial charge in [-0.05, 0) is 43.5 Å². The van der Waals surface area contributed by atoms with Gasteiger partial charge in [-0.15, -0.1) is 0 Å². The first-order valence-corrected chi connectivity index (χ1v) is 9.60. The van der Waals surface area contributed by atoms with Gasteiger partial charge in [-0.25, -0.2) is 9.97 Å². The van der Waals surface area contributed by atoms with Gasteiger partial charge in [0, 0.05) is 14.1 Å². The highest BCUT2D eigenvalue weighted by atomic mass is 16.3. The first-order chi connectivity index (χ1) is 13.5. The van der Waals surface area contributed by atoms with Crippen LogP contribution >= 0.6 is 0 Å².